The van der Waals surface area contributed by atoms with Crippen molar-refractivity contribution in [3.8, 4) is 0 Å². The Hall–Kier alpha value is -2.14. The Morgan fingerprint density at radius 2 is 2.10 bits per heavy atom. The van der Waals surface area contributed by atoms with Gasteiger partial charge >= 0.3 is 0 Å². The van der Waals surface area contributed by atoms with Crippen LogP contribution >= 0.6 is 0 Å². The highest BCUT2D eigenvalue weighted by molar-refractivity contribution is 5.82. The van der Waals surface area contributed by atoms with Crippen molar-refractivity contribution >= 4 is 5.91 Å². The predicted octanol–water partition coefficient (Wildman–Crippen LogP) is 1.36. The minimum Gasteiger partial charge on any atom is -0.341 e. The molecule has 0 spiro atoms. The first-order chi connectivity index (χ1) is 9.63. The molecule has 2 aromatic rings. The summed E-state index contributed by atoms with van der Waals surface area (Å²) in [5.74, 6) is 0.622. The van der Waals surface area contributed by atoms with Crippen LogP contribution in [0.15, 0.2) is 42.7 Å². The number of hydrogen-bond acceptors (Lipinski definition) is 3. The lowest BCUT2D eigenvalue weighted by Crippen LogP contribution is -2.42. The number of nitrogens with zero attached hydrogens (tertiary/aromatic N) is 2. The molecule has 0 radical (unpaired) electrons. The lowest BCUT2D eigenvalue weighted by molar-refractivity contribution is -0.123. The first-order valence-corrected chi connectivity index (χ1v) is 6.71. The highest BCUT2D eigenvalue weighted by Gasteiger charge is 2.22. The molecule has 3 N–H and O–H groups in total. The van der Waals surface area contributed by atoms with Crippen LogP contribution in [-0.4, -0.2) is 21.5 Å². The number of amides is 1. The highest BCUT2D eigenvalue weighted by Crippen LogP contribution is 2.20. The van der Waals surface area contributed by atoms with E-state index in [0.29, 0.717) is 6.42 Å². The summed E-state index contributed by atoms with van der Waals surface area (Å²) >= 11 is 0. The van der Waals surface area contributed by atoms with Crippen molar-refractivity contribution in [1.29, 1.82) is 0 Å². The molecule has 2 atom stereocenters. The Labute approximate surface area is 118 Å². The molecular weight excluding hydrogens is 252 g/mol. The molecule has 0 saturated heterocycles. The Balaban J connectivity index is 2.31. The van der Waals surface area contributed by atoms with Gasteiger partial charge < -0.3 is 15.6 Å². The molecule has 1 aromatic heterocycles. The number of aryl methyl sites for hydroxylation is 1. The second-order valence-electron chi connectivity index (χ2n) is 4.76. The molecule has 0 aliphatic heterocycles. The second kappa shape index (κ2) is 6.34. The molecule has 0 bridgehead atoms. The van der Waals surface area contributed by atoms with Gasteiger partial charge in [-0.15, -0.1) is 0 Å². The minimum atomic E-state index is -0.499. The summed E-state index contributed by atoms with van der Waals surface area (Å²) in [4.78, 5) is 16.4. The zero-order valence-electron chi connectivity index (χ0n) is 11.8. The fourth-order valence-electron chi connectivity index (χ4n) is 2.03. The summed E-state index contributed by atoms with van der Waals surface area (Å²) in [7, 11) is 1.91. The third-order valence-corrected chi connectivity index (χ3v) is 3.31. The van der Waals surface area contributed by atoms with Crippen LogP contribution in [0.1, 0.15) is 30.8 Å². The Morgan fingerprint density at radius 1 is 1.40 bits per heavy atom. The molecule has 5 nitrogen and oxygen atoms in total. The van der Waals surface area contributed by atoms with E-state index in [-0.39, 0.29) is 11.9 Å². The first-order valence-electron chi connectivity index (χ1n) is 6.71. The zero-order chi connectivity index (χ0) is 14.5. The Kier molecular flexibility index (Phi) is 4.53. The van der Waals surface area contributed by atoms with E-state index in [2.05, 4.69) is 10.3 Å². The number of nitrogens with one attached hydrogen (secondary N) is 1. The summed E-state index contributed by atoms with van der Waals surface area (Å²) in [5, 5.41) is 2.98. The van der Waals surface area contributed by atoms with Gasteiger partial charge in [0.15, 0.2) is 0 Å². The topological polar surface area (TPSA) is 72.9 Å². The molecule has 20 heavy (non-hydrogen) atoms. The maximum atomic E-state index is 12.1. The third-order valence-electron chi connectivity index (χ3n) is 3.31. The van der Waals surface area contributed by atoms with Crippen molar-refractivity contribution in [3.63, 3.8) is 0 Å². The molecule has 2 unspecified atom stereocenters. The lowest BCUT2D eigenvalue weighted by Gasteiger charge is -2.21. The summed E-state index contributed by atoms with van der Waals surface area (Å²) in [6.45, 7) is 1.89. The molecule has 0 fully saturated rings. The molecule has 0 aliphatic carbocycles. The van der Waals surface area contributed by atoms with E-state index in [4.69, 9.17) is 5.73 Å². The summed E-state index contributed by atoms with van der Waals surface area (Å²) in [6, 6.07) is 8.98. The largest absolute Gasteiger partial charge is 0.341 e. The molecular formula is C15H20N4O. The minimum absolute atomic E-state index is 0.163. The number of aromatic nitrogens is 2. The zero-order valence-corrected chi connectivity index (χ0v) is 11.8. The van der Waals surface area contributed by atoms with Crippen LogP contribution in [0.4, 0.5) is 0 Å². The predicted molar refractivity (Wildman–Crippen MR) is 77.9 cm³/mol. The van der Waals surface area contributed by atoms with Gasteiger partial charge in [0.1, 0.15) is 11.9 Å². The van der Waals surface area contributed by atoms with Gasteiger partial charge in [-0.25, -0.2) is 4.98 Å². The van der Waals surface area contributed by atoms with Crippen molar-refractivity contribution in [1.82, 2.24) is 14.9 Å². The van der Waals surface area contributed by atoms with Crippen molar-refractivity contribution in [3.05, 3.63) is 54.1 Å². The van der Waals surface area contributed by atoms with Gasteiger partial charge in [0.25, 0.3) is 0 Å². The maximum absolute atomic E-state index is 12.1. The summed E-state index contributed by atoms with van der Waals surface area (Å²) in [5.41, 5.74) is 6.78. The van der Waals surface area contributed by atoms with Crippen molar-refractivity contribution < 1.29 is 4.79 Å². The van der Waals surface area contributed by atoms with Gasteiger partial charge in [-0.05, 0) is 12.0 Å². The molecule has 1 heterocycles. The van der Waals surface area contributed by atoms with Crippen LogP contribution in [0.5, 0.6) is 0 Å². The summed E-state index contributed by atoms with van der Waals surface area (Å²) in [6.07, 6.45) is 4.18. The van der Waals surface area contributed by atoms with E-state index in [0.717, 1.165) is 11.4 Å². The molecule has 0 saturated carbocycles. The van der Waals surface area contributed by atoms with Gasteiger partial charge in [-0.3, -0.25) is 4.79 Å². The van der Waals surface area contributed by atoms with Crippen LogP contribution in [0.2, 0.25) is 0 Å². The average molecular weight is 272 g/mol. The van der Waals surface area contributed by atoms with E-state index in [1.54, 1.807) is 6.20 Å². The van der Waals surface area contributed by atoms with Gasteiger partial charge in [-0.2, -0.15) is 0 Å². The fraction of sp³-hybridized carbons (Fsp3) is 0.333. The number of benzene rings is 1. The van der Waals surface area contributed by atoms with Crippen LogP contribution in [0, 0.1) is 0 Å². The number of rotatable bonds is 5. The van der Waals surface area contributed by atoms with Crippen molar-refractivity contribution in [2.75, 3.05) is 0 Å². The molecule has 106 valence electrons. The third kappa shape index (κ3) is 3.05. The van der Waals surface area contributed by atoms with Crippen molar-refractivity contribution in [2.45, 2.75) is 25.4 Å². The Bertz CT molecular complexity index is 564. The van der Waals surface area contributed by atoms with Crippen LogP contribution < -0.4 is 11.1 Å². The second-order valence-corrected chi connectivity index (χ2v) is 4.76. The molecule has 2 rings (SSSR count). The fourth-order valence-corrected chi connectivity index (χ4v) is 2.03. The van der Waals surface area contributed by atoms with Gasteiger partial charge in [-0.1, -0.05) is 37.3 Å². The van der Waals surface area contributed by atoms with E-state index < -0.39 is 6.04 Å². The monoisotopic (exact) mass is 272 g/mol. The van der Waals surface area contributed by atoms with E-state index in [9.17, 15) is 4.79 Å². The smallest absolute Gasteiger partial charge is 0.237 e. The van der Waals surface area contributed by atoms with Crippen LogP contribution in [0.25, 0.3) is 0 Å². The average Bonchev–Trinajstić information content (AvgIpc) is 2.90. The quantitative estimate of drug-likeness (QED) is 0.863. The molecule has 0 aliphatic rings. The SMILES string of the molecule is CCC(N)C(=O)NC(c1ccccc1)c1nccn1C. The number of hydrogen-bond donors (Lipinski definition) is 2. The van der Waals surface area contributed by atoms with Gasteiger partial charge in [0, 0.05) is 19.4 Å². The van der Waals surface area contributed by atoms with E-state index >= 15 is 0 Å². The highest BCUT2D eigenvalue weighted by atomic mass is 16.2. The molecule has 1 amide bonds. The van der Waals surface area contributed by atoms with Gasteiger partial charge in [0.05, 0.1) is 6.04 Å². The maximum Gasteiger partial charge on any atom is 0.237 e. The normalized spacial score (nSPS) is 13.8. The standard InChI is InChI=1S/C15H20N4O/c1-3-12(16)15(20)18-13(11-7-5-4-6-8-11)14-17-9-10-19(14)2/h4-10,12-13H,3,16H2,1-2H3,(H,18,20). The lowest BCUT2D eigenvalue weighted by atomic mass is 10.1. The van der Waals surface area contributed by atoms with Crippen molar-refractivity contribution in [2.24, 2.45) is 12.8 Å². The van der Waals surface area contributed by atoms with E-state index in [1.165, 1.54) is 0 Å². The molecule has 5 heteroatoms. The molecule has 1 aromatic carbocycles. The Morgan fingerprint density at radius 3 is 2.65 bits per heavy atom. The van der Waals surface area contributed by atoms with E-state index in [1.807, 2.05) is 55.1 Å². The van der Waals surface area contributed by atoms with Crippen LogP contribution in [-0.2, 0) is 11.8 Å². The van der Waals surface area contributed by atoms with Gasteiger partial charge in [0.2, 0.25) is 5.91 Å². The number of carbonyl (C=O) groups is 1. The number of nitrogens with two attached hydrogens (primary N) is 1. The first kappa shape index (κ1) is 14.3. The van der Waals surface area contributed by atoms with Crippen LogP contribution in [0.3, 0.4) is 0 Å². The number of imidazole rings is 1. The number of carbonyl (C=O) groups excluding carboxylic acids is 1. The summed E-state index contributed by atoms with van der Waals surface area (Å²) < 4.78 is 1.90.